The van der Waals surface area contributed by atoms with Crippen LogP contribution >= 0.6 is 0 Å². The quantitative estimate of drug-likeness (QED) is 0.819. The van der Waals surface area contributed by atoms with Gasteiger partial charge in [-0.3, -0.25) is 0 Å². The highest BCUT2D eigenvalue weighted by Gasteiger charge is 2.05. The van der Waals surface area contributed by atoms with Crippen LogP contribution in [0.3, 0.4) is 0 Å². The van der Waals surface area contributed by atoms with E-state index >= 15 is 0 Å². The van der Waals surface area contributed by atoms with Gasteiger partial charge in [0.1, 0.15) is 0 Å². The van der Waals surface area contributed by atoms with Crippen LogP contribution in [-0.4, -0.2) is 20.1 Å². The van der Waals surface area contributed by atoms with Crippen LogP contribution < -0.4 is 10.6 Å². The maximum Gasteiger partial charge on any atom is 0.0396 e. The van der Waals surface area contributed by atoms with Crippen LogP contribution in [0.5, 0.6) is 0 Å². The lowest BCUT2D eigenvalue weighted by molar-refractivity contribution is 0.793. The van der Waals surface area contributed by atoms with Gasteiger partial charge in [0, 0.05) is 19.3 Å². The molecular weight excluding hydrogens is 184 g/mol. The number of anilines is 1. The fourth-order valence-corrected chi connectivity index (χ4v) is 1.81. The average Bonchev–Trinajstić information content (AvgIpc) is 2.20. The second-order valence-corrected chi connectivity index (χ2v) is 4.29. The fourth-order valence-electron chi connectivity index (χ4n) is 1.81. The van der Waals surface area contributed by atoms with E-state index in [9.17, 15) is 0 Å². The number of rotatable bonds is 4. The van der Waals surface area contributed by atoms with Gasteiger partial charge in [-0.1, -0.05) is 6.07 Å². The fraction of sp³-hybridized carbons (Fsp3) is 0.538. The molecule has 0 saturated carbocycles. The lowest BCUT2D eigenvalue weighted by Crippen LogP contribution is -2.22. The monoisotopic (exact) mass is 206 g/mol. The number of aryl methyl sites for hydroxylation is 3. The summed E-state index contributed by atoms with van der Waals surface area (Å²) in [6.07, 6.45) is 1.04. The Morgan fingerprint density at radius 1 is 1.07 bits per heavy atom. The molecule has 84 valence electrons. The molecule has 0 unspecified atom stereocenters. The number of hydrogen-bond acceptors (Lipinski definition) is 2. The molecule has 0 aliphatic carbocycles. The molecule has 0 aromatic heterocycles. The van der Waals surface area contributed by atoms with Crippen LogP contribution in [0.25, 0.3) is 0 Å². The van der Waals surface area contributed by atoms with Gasteiger partial charge in [0.2, 0.25) is 0 Å². The Hall–Kier alpha value is -1.02. The Bertz CT molecular complexity index is 332. The third kappa shape index (κ3) is 2.96. The molecule has 0 aliphatic heterocycles. The molecule has 0 atom stereocenters. The molecule has 0 bridgehead atoms. The first kappa shape index (κ1) is 12.1. The van der Waals surface area contributed by atoms with E-state index in [0.717, 1.165) is 19.5 Å². The van der Waals surface area contributed by atoms with Gasteiger partial charge in [0.25, 0.3) is 0 Å². The molecule has 2 heteroatoms. The van der Waals surface area contributed by atoms with Crippen LogP contribution in [-0.2, 0) is 0 Å². The van der Waals surface area contributed by atoms with Crippen molar-refractivity contribution in [3.63, 3.8) is 0 Å². The minimum atomic E-state index is 0.758. The number of nitrogens with two attached hydrogens (primary N) is 1. The van der Waals surface area contributed by atoms with Crippen LogP contribution in [0.15, 0.2) is 12.1 Å². The molecule has 0 amide bonds. The molecule has 2 nitrogen and oxygen atoms in total. The Morgan fingerprint density at radius 2 is 1.67 bits per heavy atom. The predicted molar refractivity (Wildman–Crippen MR) is 67.6 cm³/mol. The Balaban J connectivity index is 2.88. The Kier molecular flexibility index (Phi) is 4.15. The van der Waals surface area contributed by atoms with Gasteiger partial charge in [-0.25, -0.2) is 0 Å². The molecule has 1 aromatic carbocycles. The van der Waals surface area contributed by atoms with Crippen LogP contribution in [0.1, 0.15) is 23.1 Å². The van der Waals surface area contributed by atoms with Crippen molar-refractivity contribution in [1.29, 1.82) is 0 Å². The summed E-state index contributed by atoms with van der Waals surface area (Å²) in [7, 11) is 2.13. The molecule has 1 rings (SSSR count). The van der Waals surface area contributed by atoms with Crippen LogP contribution in [0, 0.1) is 20.8 Å². The second kappa shape index (κ2) is 5.17. The molecule has 0 fully saturated rings. The first-order valence-corrected chi connectivity index (χ1v) is 5.55. The smallest absolute Gasteiger partial charge is 0.0396 e. The Morgan fingerprint density at radius 3 is 2.27 bits per heavy atom. The van der Waals surface area contributed by atoms with Crippen molar-refractivity contribution in [3.8, 4) is 0 Å². The van der Waals surface area contributed by atoms with Crippen molar-refractivity contribution in [2.24, 2.45) is 5.73 Å². The van der Waals surface area contributed by atoms with Gasteiger partial charge in [-0.05, 0) is 56.5 Å². The molecular formula is C13H22N2. The largest absolute Gasteiger partial charge is 0.374 e. The van der Waals surface area contributed by atoms with E-state index in [1.165, 1.54) is 22.4 Å². The van der Waals surface area contributed by atoms with Crippen molar-refractivity contribution < 1.29 is 0 Å². The summed E-state index contributed by atoms with van der Waals surface area (Å²) in [5.74, 6) is 0. The van der Waals surface area contributed by atoms with E-state index in [0.29, 0.717) is 0 Å². The molecule has 0 radical (unpaired) electrons. The van der Waals surface area contributed by atoms with E-state index in [-0.39, 0.29) is 0 Å². The lowest BCUT2D eigenvalue weighted by Gasteiger charge is -2.22. The average molecular weight is 206 g/mol. The van der Waals surface area contributed by atoms with Gasteiger partial charge in [0.15, 0.2) is 0 Å². The minimum absolute atomic E-state index is 0.758. The predicted octanol–water partition coefficient (Wildman–Crippen LogP) is 2.40. The standard InChI is InChI=1S/C13H22N2/c1-10-8-12(3)13(9-11(10)2)15(4)7-5-6-14/h8-9H,5-7,14H2,1-4H3. The van der Waals surface area contributed by atoms with E-state index in [1.807, 2.05) is 0 Å². The molecule has 0 aliphatic rings. The van der Waals surface area contributed by atoms with Gasteiger partial charge in [0.05, 0.1) is 0 Å². The van der Waals surface area contributed by atoms with Crippen molar-refractivity contribution in [1.82, 2.24) is 0 Å². The molecule has 0 saturated heterocycles. The Labute approximate surface area is 93.1 Å². The SMILES string of the molecule is Cc1cc(C)c(N(C)CCCN)cc1C. The van der Waals surface area contributed by atoms with Crippen LogP contribution in [0.2, 0.25) is 0 Å². The molecule has 1 aromatic rings. The van der Waals surface area contributed by atoms with Gasteiger partial charge >= 0.3 is 0 Å². The van der Waals surface area contributed by atoms with E-state index in [1.54, 1.807) is 0 Å². The third-order valence-electron chi connectivity index (χ3n) is 2.92. The number of nitrogens with zero attached hydrogens (tertiary/aromatic N) is 1. The molecule has 2 N–H and O–H groups in total. The lowest BCUT2D eigenvalue weighted by atomic mass is 10.0. The maximum absolute atomic E-state index is 5.52. The summed E-state index contributed by atoms with van der Waals surface area (Å²) in [6, 6.07) is 4.52. The third-order valence-corrected chi connectivity index (χ3v) is 2.92. The molecule has 0 heterocycles. The summed E-state index contributed by atoms with van der Waals surface area (Å²) in [6.45, 7) is 8.27. The zero-order valence-electron chi connectivity index (χ0n) is 10.3. The van der Waals surface area contributed by atoms with Crippen LogP contribution in [0.4, 0.5) is 5.69 Å². The summed E-state index contributed by atoms with van der Waals surface area (Å²) in [5.41, 5.74) is 10.9. The van der Waals surface area contributed by atoms with Crippen molar-refractivity contribution >= 4 is 5.69 Å². The van der Waals surface area contributed by atoms with Gasteiger partial charge < -0.3 is 10.6 Å². The normalized spacial score (nSPS) is 10.5. The topological polar surface area (TPSA) is 29.3 Å². The molecule has 0 spiro atoms. The second-order valence-electron chi connectivity index (χ2n) is 4.29. The highest BCUT2D eigenvalue weighted by molar-refractivity contribution is 5.56. The zero-order chi connectivity index (χ0) is 11.4. The van der Waals surface area contributed by atoms with Gasteiger partial charge in [-0.2, -0.15) is 0 Å². The minimum Gasteiger partial charge on any atom is -0.374 e. The first-order chi connectivity index (χ1) is 7.06. The van der Waals surface area contributed by atoms with E-state index < -0.39 is 0 Å². The highest BCUT2D eigenvalue weighted by Crippen LogP contribution is 2.23. The maximum atomic E-state index is 5.52. The van der Waals surface area contributed by atoms with Crippen molar-refractivity contribution in [3.05, 3.63) is 28.8 Å². The van der Waals surface area contributed by atoms with Gasteiger partial charge in [-0.15, -0.1) is 0 Å². The molecule has 15 heavy (non-hydrogen) atoms. The summed E-state index contributed by atoms with van der Waals surface area (Å²) in [5, 5.41) is 0. The zero-order valence-corrected chi connectivity index (χ0v) is 10.3. The van der Waals surface area contributed by atoms with E-state index in [4.69, 9.17) is 5.73 Å². The summed E-state index contributed by atoms with van der Waals surface area (Å²) < 4.78 is 0. The van der Waals surface area contributed by atoms with E-state index in [2.05, 4.69) is 44.9 Å². The summed E-state index contributed by atoms with van der Waals surface area (Å²) in [4.78, 5) is 2.29. The first-order valence-electron chi connectivity index (χ1n) is 5.55. The highest BCUT2D eigenvalue weighted by atomic mass is 15.1. The number of hydrogen-bond donors (Lipinski definition) is 1. The van der Waals surface area contributed by atoms with Crippen molar-refractivity contribution in [2.75, 3.05) is 25.0 Å². The van der Waals surface area contributed by atoms with Crippen molar-refractivity contribution in [2.45, 2.75) is 27.2 Å². The summed E-state index contributed by atoms with van der Waals surface area (Å²) >= 11 is 0. The number of benzene rings is 1.